The van der Waals surface area contributed by atoms with E-state index in [2.05, 4.69) is 5.32 Å². The number of rotatable bonds is 5. The Balaban J connectivity index is 1.59. The molecule has 0 radical (unpaired) electrons. The van der Waals surface area contributed by atoms with Crippen LogP contribution in [0.3, 0.4) is 0 Å². The number of anilines is 1. The molecule has 0 bridgehead atoms. The summed E-state index contributed by atoms with van der Waals surface area (Å²) in [4.78, 5) is 38.9. The van der Waals surface area contributed by atoms with Crippen LogP contribution in [-0.2, 0) is 16.2 Å². The number of nitrogens with one attached hydrogen (secondary N) is 1. The molecule has 0 aliphatic carbocycles. The highest BCUT2D eigenvalue weighted by Crippen LogP contribution is 2.29. The highest BCUT2D eigenvalue weighted by molar-refractivity contribution is 6.39. The fourth-order valence-corrected chi connectivity index (χ4v) is 3.84. The highest BCUT2D eigenvalue weighted by Gasteiger charge is 2.37. The summed E-state index contributed by atoms with van der Waals surface area (Å²) < 4.78 is 19.4. The third kappa shape index (κ3) is 4.70. The van der Waals surface area contributed by atoms with Crippen LogP contribution in [0.1, 0.15) is 22.3 Å². The van der Waals surface area contributed by atoms with Crippen molar-refractivity contribution in [2.75, 3.05) is 4.90 Å². The monoisotopic (exact) mass is 478 g/mol. The minimum absolute atomic E-state index is 0.0132. The Hall–Kier alpha value is -3.97. The van der Waals surface area contributed by atoms with Crippen molar-refractivity contribution in [2.24, 2.45) is 0 Å². The van der Waals surface area contributed by atoms with Gasteiger partial charge in [-0.05, 0) is 55.3 Å². The van der Waals surface area contributed by atoms with Gasteiger partial charge in [0, 0.05) is 5.56 Å². The van der Waals surface area contributed by atoms with E-state index in [1.54, 1.807) is 49.4 Å². The Bertz CT molecular complexity index is 1350. The number of carbonyl (C=O) groups is 3. The second-order valence-electron chi connectivity index (χ2n) is 7.82. The molecule has 1 saturated heterocycles. The molecule has 1 aliphatic heterocycles. The number of benzene rings is 3. The van der Waals surface area contributed by atoms with Gasteiger partial charge in [0.25, 0.3) is 11.8 Å². The van der Waals surface area contributed by atoms with Gasteiger partial charge < -0.3 is 4.74 Å². The first-order chi connectivity index (χ1) is 16.2. The maximum Gasteiger partial charge on any atom is 0.335 e. The molecule has 0 aromatic heterocycles. The van der Waals surface area contributed by atoms with Gasteiger partial charge in [-0.2, -0.15) is 0 Å². The van der Waals surface area contributed by atoms with E-state index in [9.17, 15) is 18.8 Å². The summed E-state index contributed by atoms with van der Waals surface area (Å²) in [5, 5.41) is 2.43. The smallest absolute Gasteiger partial charge is 0.335 e. The van der Waals surface area contributed by atoms with Crippen LogP contribution in [0.5, 0.6) is 5.75 Å². The number of amides is 4. The largest absolute Gasteiger partial charge is 0.487 e. The first kappa shape index (κ1) is 23.2. The first-order valence-corrected chi connectivity index (χ1v) is 10.8. The number of ether oxygens (including phenoxy) is 1. The molecule has 1 N–H and O–H groups in total. The van der Waals surface area contributed by atoms with E-state index in [1.807, 2.05) is 13.0 Å². The molecule has 34 heavy (non-hydrogen) atoms. The number of nitrogens with zero attached hydrogens (tertiary/aromatic N) is 1. The zero-order valence-corrected chi connectivity index (χ0v) is 19.2. The molecule has 8 heteroatoms. The lowest BCUT2D eigenvalue weighted by atomic mass is 10.0. The van der Waals surface area contributed by atoms with E-state index in [1.165, 1.54) is 18.2 Å². The minimum atomic E-state index is -0.811. The summed E-state index contributed by atoms with van der Waals surface area (Å²) in [5.41, 5.74) is 2.71. The lowest BCUT2D eigenvalue weighted by Crippen LogP contribution is -2.54. The van der Waals surface area contributed by atoms with Gasteiger partial charge in [-0.25, -0.2) is 14.1 Å². The summed E-state index contributed by atoms with van der Waals surface area (Å²) in [6.45, 7) is 3.67. The van der Waals surface area contributed by atoms with Crippen LogP contribution in [0, 0.1) is 19.7 Å². The van der Waals surface area contributed by atoms with Crippen molar-refractivity contribution in [3.63, 3.8) is 0 Å². The van der Waals surface area contributed by atoms with Crippen LogP contribution in [-0.4, -0.2) is 17.8 Å². The van der Waals surface area contributed by atoms with Gasteiger partial charge in [0.1, 0.15) is 23.7 Å². The summed E-state index contributed by atoms with van der Waals surface area (Å²) in [6, 6.07) is 15.4. The Morgan fingerprint density at radius 2 is 1.79 bits per heavy atom. The van der Waals surface area contributed by atoms with Gasteiger partial charge in [-0.15, -0.1) is 0 Å². The van der Waals surface area contributed by atoms with E-state index in [4.69, 9.17) is 16.3 Å². The standard InChI is InChI=1S/C26H20ClFN2O4/c1-15-7-9-22(16(2)11-15)30-25(32)19(24(31)29-26(30)33)12-17-8-10-23(20(27)13-17)34-14-18-5-3-4-6-21(18)28/h3-13H,14H2,1-2H3,(H,29,31,33)/b19-12+. The van der Waals surface area contributed by atoms with Crippen molar-refractivity contribution < 1.29 is 23.5 Å². The minimum Gasteiger partial charge on any atom is -0.487 e. The number of urea groups is 1. The highest BCUT2D eigenvalue weighted by atomic mass is 35.5. The van der Waals surface area contributed by atoms with Crippen molar-refractivity contribution in [1.29, 1.82) is 0 Å². The molecule has 172 valence electrons. The third-order valence-electron chi connectivity index (χ3n) is 5.30. The fourth-order valence-electron chi connectivity index (χ4n) is 3.59. The van der Waals surface area contributed by atoms with Crippen molar-refractivity contribution in [3.05, 3.63) is 99.3 Å². The first-order valence-electron chi connectivity index (χ1n) is 10.4. The number of carbonyl (C=O) groups excluding carboxylic acids is 3. The lowest BCUT2D eigenvalue weighted by Gasteiger charge is -2.27. The molecule has 1 heterocycles. The molecule has 0 saturated carbocycles. The average molecular weight is 479 g/mol. The van der Waals surface area contributed by atoms with E-state index in [0.717, 1.165) is 16.0 Å². The Morgan fingerprint density at radius 3 is 2.50 bits per heavy atom. The zero-order valence-electron chi connectivity index (χ0n) is 18.4. The normalized spacial score (nSPS) is 15.0. The molecule has 3 aromatic carbocycles. The van der Waals surface area contributed by atoms with E-state index in [-0.39, 0.29) is 23.0 Å². The number of barbiturate groups is 1. The van der Waals surface area contributed by atoms with Crippen molar-refractivity contribution in [3.8, 4) is 5.75 Å². The zero-order chi connectivity index (χ0) is 24.4. The SMILES string of the molecule is Cc1ccc(N2C(=O)NC(=O)/C(=C\c3ccc(OCc4ccccc4F)c(Cl)c3)C2=O)c(C)c1. The molecule has 0 atom stereocenters. The molecule has 0 spiro atoms. The maximum absolute atomic E-state index is 13.8. The van der Waals surface area contributed by atoms with Crippen LogP contribution in [0.15, 0.2) is 66.2 Å². The molecular weight excluding hydrogens is 459 g/mol. The fraction of sp³-hybridized carbons (Fsp3) is 0.115. The molecule has 4 amide bonds. The summed E-state index contributed by atoms with van der Waals surface area (Å²) in [5.74, 6) is -1.60. The molecule has 1 aliphatic rings. The molecule has 1 fully saturated rings. The predicted octanol–water partition coefficient (Wildman–Crippen LogP) is 5.34. The Labute approximate surface area is 200 Å². The van der Waals surface area contributed by atoms with Crippen LogP contribution < -0.4 is 15.0 Å². The second kappa shape index (κ2) is 9.49. The average Bonchev–Trinajstić information content (AvgIpc) is 2.78. The predicted molar refractivity (Wildman–Crippen MR) is 127 cm³/mol. The van der Waals surface area contributed by atoms with Gasteiger partial charge in [0.2, 0.25) is 0 Å². The number of imide groups is 2. The topological polar surface area (TPSA) is 75.7 Å². The van der Waals surface area contributed by atoms with E-state index in [0.29, 0.717) is 22.6 Å². The molecule has 6 nitrogen and oxygen atoms in total. The van der Waals surface area contributed by atoms with Gasteiger partial charge in [-0.1, -0.05) is 53.6 Å². The third-order valence-corrected chi connectivity index (χ3v) is 5.60. The van der Waals surface area contributed by atoms with Crippen molar-refractivity contribution in [1.82, 2.24) is 5.32 Å². The van der Waals surface area contributed by atoms with E-state index < -0.39 is 17.8 Å². The van der Waals surface area contributed by atoms with Gasteiger partial charge >= 0.3 is 6.03 Å². The molecule has 4 rings (SSSR count). The molecule has 3 aromatic rings. The van der Waals surface area contributed by atoms with Crippen molar-refractivity contribution >= 4 is 41.2 Å². The van der Waals surface area contributed by atoms with Crippen LogP contribution in [0.4, 0.5) is 14.9 Å². The van der Waals surface area contributed by atoms with Crippen LogP contribution in [0.25, 0.3) is 6.08 Å². The summed E-state index contributed by atoms with van der Waals surface area (Å²) >= 11 is 6.31. The van der Waals surface area contributed by atoms with Crippen LogP contribution >= 0.6 is 11.6 Å². The maximum atomic E-state index is 13.8. The Kier molecular flexibility index (Phi) is 6.47. The molecular formula is C26H20ClFN2O4. The van der Waals surface area contributed by atoms with Crippen LogP contribution in [0.2, 0.25) is 5.02 Å². The summed E-state index contributed by atoms with van der Waals surface area (Å²) in [6.07, 6.45) is 1.35. The van der Waals surface area contributed by atoms with Gasteiger partial charge in [0.05, 0.1) is 10.7 Å². The van der Waals surface area contributed by atoms with E-state index >= 15 is 0 Å². The van der Waals surface area contributed by atoms with Gasteiger partial charge in [0.15, 0.2) is 0 Å². The van der Waals surface area contributed by atoms with Crippen molar-refractivity contribution in [2.45, 2.75) is 20.5 Å². The number of halogens is 2. The quantitative estimate of drug-likeness (QED) is 0.396. The lowest BCUT2D eigenvalue weighted by molar-refractivity contribution is -0.122. The number of hydrogen-bond acceptors (Lipinski definition) is 4. The van der Waals surface area contributed by atoms with Gasteiger partial charge in [-0.3, -0.25) is 14.9 Å². The molecule has 0 unspecified atom stereocenters. The number of hydrogen-bond donors (Lipinski definition) is 1. The second-order valence-corrected chi connectivity index (χ2v) is 8.22. The number of aryl methyl sites for hydroxylation is 2. The summed E-state index contributed by atoms with van der Waals surface area (Å²) in [7, 11) is 0. The Morgan fingerprint density at radius 1 is 1.03 bits per heavy atom.